The number of carboxylic acids is 1. The van der Waals surface area contributed by atoms with E-state index in [0.717, 1.165) is 25.7 Å². The normalized spacial score (nSPS) is 9.73. The minimum Gasteiger partial charge on any atom is -0.494 e. The average molecular weight is 315 g/mol. The van der Waals surface area contributed by atoms with Crippen LogP contribution in [0.5, 0.6) is 0 Å². The van der Waals surface area contributed by atoms with Crippen LogP contribution in [0.3, 0.4) is 0 Å². The molecule has 126 valence electrons. The molecule has 8 nitrogen and oxygen atoms in total. The topological polar surface area (TPSA) is 128 Å². The van der Waals surface area contributed by atoms with Gasteiger partial charge in [0.2, 0.25) is 5.88 Å². The van der Waals surface area contributed by atoms with E-state index >= 15 is 0 Å². The van der Waals surface area contributed by atoms with E-state index in [1.54, 1.807) is 0 Å². The number of carboxylic acid groups (broad SMARTS) is 1. The Morgan fingerprint density at radius 1 is 0.818 bits per heavy atom. The van der Waals surface area contributed by atoms with Gasteiger partial charge in [-0.05, 0) is 12.8 Å². The zero-order valence-corrected chi connectivity index (χ0v) is 13.1. The van der Waals surface area contributed by atoms with Gasteiger partial charge in [0.05, 0.1) is 0 Å². The maximum atomic E-state index is 12.0. The van der Waals surface area contributed by atoms with Gasteiger partial charge in [-0.15, -0.1) is 0 Å². The van der Waals surface area contributed by atoms with Gasteiger partial charge in [-0.2, -0.15) is 0 Å². The maximum absolute atomic E-state index is 12.0. The number of aliphatic hydroxyl groups is 1. The number of rotatable bonds is 11. The Labute approximate surface area is 130 Å². The molecular formula is C14H25N3O5. The molecule has 0 spiro atoms. The van der Waals surface area contributed by atoms with Crippen molar-refractivity contribution in [1.82, 2.24) is 16.0 Å². The molecular weight excluding hydrogens is 290 g/mol. The van der Waals surface area contributed by atoms with E-state index in [1.165, 1.54) is 0 Å². The van der Waals surface area contributed by atoms with E-state index in [-0.39, 0.29) is 0 Å². The lowest BCUT2D eigenvalue weighted by molar-refractivity contribution is -0.136. The molecule has 0 rings (SSSR count). The minimum absolute atomic E-state index is 0.368. The van der Waals surface area contributed by atoms with Gasteiger partial charge < -0.3 is 26.2 Å². The van der Waals surface area contributed by atoms with Gasteiger partial charge in [0, 0.05) is 13.1 Å². The van der Waals surface area contributed by atoms with E-state index in [4.69, 9.17) is 5.11 Å². The van der Waals surface area contributed by atoms with Crippen LogP contribution in [-0.2, 0) is 14.4 Å². The van der Waals surface area contributed by atoms with Crippen LogP contribution in [0.4, 0.5) is 0 Å². The van der Waals surface area contributed by atoms with Crippen molar-refractivity contribution in [2.24, 2.45) is 0 Å². The van der Waals surface area contributed by atoms with E-state index in [0.29, 0.717) is 13.1 Å². The molecule has 0 aliphatic rings. The molecule has 0 aliphatic heterocycles. The highest BCUT2D eigenvalue weighted by atomic mass is 16.4. The number of amides is 2. The maximum Gasteiger partial charge on any atom is 0.322 e. The first-order chi connectivity index (χ1) is 10.4. The molecule has 0 fully saturated rings. The lowest BCUT2D eigenvalue weighted by Crippen LogP contribution is -2.39. The summed E-state index contributed by atoms with van der Waals surface area (Å²) in [5, 5.41) is 25.5. The molecule has 0 atom stereocenters. The van der Waals surface area contributed by atoms with Crippen LogP contribution in [0.1, 0.15) is 39.5 Å². The Kier molecular flexibility index (Phi) is 10.2. The molecule has 0 saturated heterocycles. The molecule has 0 aromatic rings. The molecule has 2 amide bonds. The van der Waals surface area contributed by atoms with Gasteiger partial charge in [0.15, 0.2) is 5.57 Å². The number of nitrogens with one attached hydrogen (secondary N) is 3. The highest BCUT2D eigenvalue weighted by Crippen LogP contribution is 2.01. The molecule has 0 unspecified atom stereocenters. The Hall–Kier alpha value is -2.25. The Morgan fingerprint density at radius 3 is 1.64 bits per heavy atom. The SMILES string of the molecule is CCCCNC(=O)C(C(=O)NCCCC)=C(O)NCC(=O)O. The molecule has 0 saturated carbocycles. The highest BCUT2D eigenvalue weighted by molar-refractivity contribution is 6.18. The van der Waals surface area contributed by atoms with Crippen LogP contribution in [0.2, 0.25) is 0 Å². The summed E-state index contributed by atoms with van der Waals surface area (Å²) < 4.78 is 0. The predicted octanol–water partition coefficient (Wildman–Crippen LogP) is 0.263. The first kappa shape index (κ1) is 19.8. The number of hydrogen-bond acceptors (Lipinski definition) is 5. The largest absolute Gasteiger partial charge is 0.494 e. The quantitative estimate of drug-likeness (QED) is 0.122. The third-order valence-electron chi connectivity index (χ3n) is 2.73. The van der Waals surface area contributed by atoms with Crippen molar-refractivity contribution in [2.45, 2.75) is 39.5 Å². The van der Waals surface area contributed by atoms with Gasteiger partial charge in [-0.1, -0.05) is 26.7 Å². The zero-order chi connectivity index (χ0) is 17.0. The van der Waals surface area contributed by atoms with Crippen molar-refractivity contribution < 1.29 is 24.6 Å². The molecule has 0 radical (unpaired) electrons. The summed E-state index contributed by atoms with van der Waals surface area (Å²) in [5.41, 5.74) is -0.506. The summed E-state index contributed by atoms with van der Waals surface area (Å²) in [4.78, 5) is 34.5. The van der Waals surface area contributed by atoms with Crippen molar-refractivity contribution in [3.63, 3.8) is 0 Å². The molecule has 8 heteroatoms. The molecule has 0 aliphatic carbocycles. The number of carbonyl (C=O) groups is 3. The number of hydrogen-bond donors (Lipinski definition) is 5. The third-order valence-corrected chi connectivity index (χ3v) is 2.73. The van der Waals surface area contributed by atoms with Crippen molar-refractivity contribution in [1.29, 1.82) is 0 Å². The molecule has 0 bridgehead atoms. The molecule has 0 heterocycles. The van der Waals surface area contributed by atoms with Crippen molar-refractivity contribution in [2.75, 3.05) is 19.6 Å². The van der Waals surface area contributed by atoms with Crippen LogP contribution < -0.4 is 16.0 Å². The smallest absolute Gasteiger partial charge is 0.322 e. The van der Waals surface area contributed by atoms with Gasteiger partial charge in [0.1, 0.15) is 6.54 Å². The average Bonchev–Trinajstić information content (AvgIpc) is 2.46. The third kappa shape index (κ3) is 8.13. The lowest BCUT2D eigenvalue weighted by atomic mass is 10.2. The second kappa shape index (κ2) is 11.4. The Balaban J connectivity index is 4.94. The van der Waals surface area contributed by atoms with Crippen molar-refractivity contribution in [3.8, 4) is 0 Å². The molecule has 0 aromatic heterocycles. The fraction of sp³-hybridized carbons (Fsp3) is 0.643. The Morgan fingerprint density at radius 2 is 1.27 bits per heavy atom. The van der Waals surface area contributed by atoms with E-state index in [1.807, 2.05) is 13.8 Å². The van der Waals surface area contributed by atoms with Crippen LogP contribution in [0.25, 0.3) is 0 Å². The second-order valence-electron chi connectivity index (χ2n) is 4.69. The standard InChI is InChI=1S/C14H25N3O5/c1-3-5-7-15-12(20)11(13(21)16-8-6-4-2)14(22)17-9-10(18)19/h17,22H,3-9H2,1-2H3,(H,15,20)(H,16,21)(H,18,19). The summed E-state index contributed by atoms with van der Waals surface area (Å²) in [6, 6.07) is 0. The van der Waals surface area contributed by atoms with Crippen LogP contribution >= 0.6 is 0 Å². The predicted molar refractivity (Wildman–Crippen MR) is 81.1 cm³/mol. The summed E-state index contributed by atoms with van der Waals surface area (Å²) >= 11 is 0. The fourth-order valence-electron chi connectivity index (χ4n) is 1.50. The van der Waals surface area contributed by atoms with Crippen LogP contribution in [0.15, 0.2) is 11.5 Å². The van der Waals surface area contributed by atoms with Crippen molar-refractivity contribution in [3.05, 3.63) is 11.5 Å². The zero-order valence-electron chi connectivity index (χ0n) is 13.1. The first-order valence-corrected chi connectivity index (χ1v) is 7.39. The van der Waals surface area contributed by atoms with Gasteiger partial charge in [0.25, 0.3) is 11.8 Å². The second-order valence-corrected chi connectivity index (χ2v) is 4.69. The van der Waals surface area contributed by atoms with Crippen LogP contribution in [0, 0.1) is 0 Å². The molecule has 5 N–H and O–H groups in total. The van der Waals surface area contributed by atoms with Gasteiger partial charge >= 0.3 is 5.97 Å². The lowest BCUT2D eigenvalue weighted by Gasteiger charge is -2.12. The number of aliphatic carboxylic acids is 1. The summed E-state index contributed by atoms with van der Waals surface area (Å²) in [7, 11) is 0. The number of aliphatic hydroxyl groups excluding tert-OH is 1. The summed E-state index contributed by atoms with van der Waals surface area (Å²) in [6.07, 6.45) is 3.20. The van der Waals surface area contributed by atoms with Gasteiger partial charge in [-0.25, -0.2) is 0 Å². The molecule has 0 aromatic carbocycles. The summed E-state index contributed by atoms with van der Waals surface area (Å²) in [6.45, 7) is 4.04. The van der Waals surface area contributed by atoms with Crippen LogP contribution in [-0.4, -0.2) is 47.6 Å². The number of carbonyl (C=O) groups excluding carboxylic acids is 2. The minimum atomic E-state index is -1.22. The van der Waals surface area contributed by atoms with E-state index in [9.17, 15) is 19.5 Å². The van der Waals surface area contributed by atoms with Gasteiger partial charge in [-0.3, -0.25) is 14.4 Å². The molecule has 22 heavy (non-hydrogen) atoms. The first-order valence-electron chi connectivity index (χ1n) is 7.39. The van der Waals surface area contributed by atoms with Crippen molar-refractivity contribution >= 4 is 17.8 Å². The summed E-state index contributed by atoms with van der Waals surface area (Å²) in [5.74, 6) is -3.44. The highest BCUT2D eigenvalue weighted by Gasteiger charge is 2.23. The van der Waals surface area contributed by atoms with E-state index < -0.39 is 35.8 Å². The number of unbranched alkanes of at least 4 members (excludes halogenated alkanes) is 2. The Bertz CT molecular complexity index is 397. The monoisotopic (exact) mass is 315 g/mol. The fourth-order valence-corrected chi connectivity index (χ4v) is 1.50. The van der Waals surface area contributed by atoms with E-state index in [2.05, 4.69) is 16.0 Å².